The maximum absolute atomic E-state index is 13.3. The molecule has 1 atom stereocenters. The summed E-state index contributed by atoms with van der Waals surface area (Å²) in [6.45, 7) is 4.00. The molecule has 1 aliphatic heterocycles. The van der Waals surface area contributed by atoms with Crippen molar-refractivity contribution < 1.29 is 9.59 Å². The maximum Gasteiger partial charge on any atom is 0.280 e. The van der Waals surface area contributed by atoms with Crippen LogP contribution in [0.5, 0.6) is 0 Å². The summed E-state index contributed by atoms with van der Waals surface area (Å²) >= 11 is 7.50. The zero-order valence-corrected chi connectivity index (χ0v) is 18.7. The summed E-state index contributed by atoms with van der Waals surface area (Å²) in [5.41, 5.74) is 11.0. The first kappa shape index (κ1) is 21.2. The second-order valence-corrected chi connectivity index (χ2v) is 9.84. The third kappa shape index (κ3) is 3.85. The van der Waals surface area contributed by atoms with E-state index in [9.17, 15) is 14.9 Å². The number of nitrogens with two attached hydrogens (primary N) is 1. The van der Waals surface area contributed by atoms with Crippen molar-refractivity contribution in [1.29, 1.82) is 5.26 Å². The van der Waals surface area contributed by atoms with Gasteiger partial charge in [-0.25, -0.2) is 5.01 Å². The van der Waals surface area contributed by atoms with Crippen molar-refractivity contribution in [2.45, 2.75) is 32.6 Å². The number of halogens is 1. The lowest BCUT2D eigenvalue weighted by Gasteiger charge is -2.43. The summed E-state index contributed by atoms with van der Waals surface area (Å²) in [5, 5.41) is 13.7. The number of hydrogen-bond donors (Lipinski definition) is 2. The molecule has 0 bridgehead atoms. The van der Waals surface area contributed by atoms with Crippen LogP contribution in [0.4, 0.5) is 0 Å². The van der Waals surface area contributed by atoms with Gasteiger partial charge in [-0.2, -0.15) is 5.26 Å². The van der Waals surface area contributed by atoms with Crippen molar-refractivity contribution in [3.05, 3.63) is 79.9 Å². The Bertz CT molecular complexity index is 1170. The molecule has 1 aliphatic carbocycles. The van der Waals surface area contributed by atoms with E-state index in [-0.39, 0.29) is 28.5 Å². The van der Waals surface area contributed by atoms with Crippen LogP contribution in [-0.2, 0) is 4.79 Å². The van der Waals surface area contributed by atoms with Gasteiger partial charge in [0, 0.05) is 17.0 Å². The number of thiophene rings is 1. The molecular weight excluding hydrogens is 432 g/mol. The lowest BCUT2D eigenvalue weighted by molar-refractivity contribution is -0.118. The Morgan fingerprint density at radius 3 is 2.74 bits per heavy atom. The van der Waals surface area contributed by atoms with Crippen LogP contribution in [0.15, 0.2) is 64.4 Å². The first-order valence-electron chi connectivity index (χ1n) is 9.78. The lowest BCUT2D eigenvalue weighted by Crippen LogP contribution is -2.49. The normalized spacial score (nSPS) is 20.4. The van der Waals surface area contributed by atoms with E-state index in [4.69, 9.17) is 17.3 Å². The standard InChI is InChI=1S/C23H21ClN4O2S/c1-23(2)10-16-20(17(29)11-23)19(13-5-3-6-14(24)9-13)15(12-25)21(26)28(16)27-22(30)18-7-4-8-31-18/h3-9,19H,10-11,26H2,1-2H3,(H,27,30). The minimum absolute atomic E-state index is 0.0631. The number of nitrogens with one attached hydrogen (secondary N) is 1. The fourth-order valence-electron chi connectivity index (χ4n) is 4.22. The summed E-state index contributed by atoms with van der Waals surface area (Å²) in [5.74, 6) is -0.926. The van der Waals surface area contributed by atoms with E-state index in [0.717, 1.165) is 5.56 Å². The monoisotopic (exact) mass is 452 g/mol. The zero-order chi connectivity index (χ0) is 22.3. The summed E-state index contributed by atoms with van der Waals surface area (Å²) in [6.07, 6.45) is 0.865. The summed E-state index contributed by atoms with van der Waals surface area (Å²) in [7, 11) is 0. The molecule has 4 rings (SSSR count). The molecule has 0 fully saturated rings. The third-order valence-corrected chi connectivity index (χ3v) is 6.63. The molecular formula is C23H21ClN4O2S. The Hall–Kier alpha value is -3.08. The van der Waals surface area contributed by atoms with Crippen molar-refractivity contribution in [2.24, 2.45) is 11.1 Å². The molecule has 1 aromatic carbocycles. The van der Waals surface area contributed by atoms with Gasteiger partial charge in [0.05, 0.1) is 28.1 Å². The molecule has 31 heavy (non-hydrogen) atoms. The van der Waals surface area contributed by atoms with Crippen LogP contribution in [0, 0.1) is 16.7 Å². The smallest absolute Gasteiger partial charge is 0.280 e. The van der Waals surface area contributed by atoms with E-state index in [2.05, 4.69) is 11.5 Å². The second-order valence-electron chi connectivity index (χ2n) is 8.45. The predicted molar refractivity (Wildman–Crippen MR) is 120 cm³/mol. The number of allylic oxidation sites excluding steroid dienone is 3. The molecule has 6 nitrogen and oxygen atoms in total. The average Bonchev–Trinajstić information content (AvgIpc) is 3.24. The Labute approximate surface area is 189 Å². The molecule has 1 aromatic heterocycles. The molecule has 0 saturated carbocycles. The van der Waals surface area contributed by atoms with E-state index in [1.165, 1.54) is 16.3 Å². The van der Waals surface area contributed by atoms with Crippen LogP contribution in [0.2, 0.25) is 5.02 Å². The summed E-state index contributed by atoms with van der Waals surface area (Å²) < 4.78 is 0. The van der Waals surface area contributed by atoms with Crippen LogP contribution >= 0.6 is 22.9 Å². The van der Waals surface area contributed by atoms with Crippen molar-refractivity contribution in [1.82, 2.24) is 10.4 Å². The lowest BCUT2D eigenvalue weighted by atomic mass is 9.69. The Morgan fingerprint density at radius 1 is 1.32 bits per heavy atom. The van der Waals surface area contributed by atoms with Crippen LogP contribution in [0.25, 0.3) is 0 Å². The maximum atomic E-state index is 13.3. The highest BCUT2D eigenvalue weighted by Gasteiger charge is 2.44. The quantitative estimate of drug-likeness (QED) is 0.715. The first-order chi connectivity index (χ1) is 14.7. The topological polar surface area (TPSA) is 99.2 Å². The number of carbonyl (C=O) groups excluding carboxylic acids is 2. The Morgan fingerprint density at radius 2 is 2.10 bits per heavy atom. The zero-order valence-electron chi connectivity index (χ0n) is 17.1. The van der Waals surface area contributed by atoms with Crippen LogP contribution < -0.4 is 11.2 Å². The molecule has 0 spiro atoms. The molecule has 0 saturated heterocycles. The number of hydrogen-bond acceptors (Lipinski definition) is 6. The molecule has 1 amide bonds. The van der Waals surface area contributed by atoms with E-state index in [0.29, 0.717) is 34.0 Å². The minimum Gasteiger partial charge on any atom is -0.383 e. The minimum atomic E-state index is -0.628. The number of Topliss-reactive ketones (excluding diaryl/α,β-unsaturated/α-hetero) is 1. The SMILES string of the molecule is CC1(C)CC(=O)C2=C(C1)N(NC(=O)c1cccs1)C(N)=C(C#N)C2c1cccc(Cl)c1. The molecule has 1 unspecified atom stereocenters. The van der Waals surface area contributed by atoms with Crippen molar-refractivity contribution >= 4 is 34.6 Å². The van der Waals surface area contributed by atoms with Gasteiger partial charge in [0.15, 0.2) is 5.78 Å². The van der Waals surface area contributed by atoms with Gasteiger partial charge in [-0.3, -0.25) is 15.0 Å². The molecule has 2 aromatic rings. The largest absolute Gasteiger partial charge is 0.383 e. The highest BCUT2D eigenvalue weighted by Crippen LogP contribution is 2.48. The first-order valence-corrected chi connectivity index (χ1v) is 11.0. The van der Waals surface area contributed by atoms with Gasteiger partial charge in [-0.1, -0.05) is 43.6 Å². The Kier molecular flexibility index (Phi) is 5.38. The predicted octanol–water partition coefficient (Wildman–Crippen LogP) is 4.48. The summed E-state index contributed by atoms with van der Waals surface area (Å²) in [6, 6.07) is 12.8. The van der Waals surface area contributed by atoms with Crippen molar-refractivity contribution in [3.63, 3.8) is 0 Å². The number of hydrazine groups is 1. The molecule has 2 aliphatic rings. The van der Waals surface area contributed by atoms with Gasteiger partial charge in [0.25, 0.3) is 5.91 Å². The van der Waals surface area contributed by atoms with E-state index in [1.54, 1.807) is 35.7 Å². The number of carbonyl (C=O) groups is 2. The van der Waals surface area contributed by atoms with Crippen molar-refractivity contribution in [2.75, 3.05) is 0 Å². The van der Waals surface area contributed by atoms with Crippen LogP contribution in [0.1, 0.15) is 47.8 Å². The summed E-state index contributed by atoms with van der Waals surface area (Å²) in [4.78, 5) is 26.6. The highest BCUT2D eigenvalue weighted by molar-refractivity contribution is 7.12. The third-order valence-electron chi connectivity index (χ3n) is 5.52. The molecule has 2 heterocycles. The Balaban J connectivity index is 1.88. The number of nitriles is 1. The number of rotatable bonds is 3. The molecule has 158 valence electrons. The second kappa shape index (κ2) is 7.88. The number of amides is 1. The average molecular weight is 453 g/mol. The van der Waals surface area contributed by atoms with Gasteiger partial charge in [-0.15, -0.1) is 11.3 Å². The van der Waals surface area contributed by atoms with Crippen molar-refractivity contribution in [3.8, 4) is 6.07 Å². The van der Waals surface area contributed by atoms with E-state index < -0.39 is 5.92 Å². The number of nitrogens with zero attached hydrogens (tertiary/aromatic N) is 2. The van der Waals surface area contributed by atoms with E-state index >= 15 is 0 Å². The van der Waals surface area contributed by atoms with Gasteiger partial charge in [0.1, 0.15) is 5.82 Å². The number of benzene rings is 1. The highest BCUT2D eigenvalue weighted by atomic mass is 35.5. The van der Waals surface area contributed by atoms with Gasteiger partial charge in [0.2, 0.25) is 0 Å². The van der Waals surface area contributed by atoms with Gasteiger partial charge < -0.3 is 5.73 Å². The van der Waals surface area contributed by atoms with Gasteiger partial charge in [-0.05, 0) is 41.0 Å². The van der Waals surface area contributed by atoms with E-state index in [1.807, 2.05) is 19.9 Å². The van der Waals surface area contributed by atoms with Gasteiger partial charge >= 0.3 is 0 Å². The number of ketones is 1. The molecule has 0 radical (unpaired) electrons. The fraction of sp³-hybridized carbons (Fsp3) is 0.261. The van der Waals surface area contributed by atoms with Crippen LogP contribution in [-0.4, -0.2) is 16.7 Å². The molecule has 3 N–H and O–H groups in total. The van der Waals surface area contributed by atoms with Crippen LogP contribution in [0.3, 0.4) is 0 Å². The molecule has 8 heteroatoms. The fourth-order valence-corrected chi connectivity index (χ4v) is 5.03.